The minimum absolute atomic E-state index is 0.313. The molecule has 0 fully saturated rings. The summed E-state index contributed by atoms with van der Waals surface area (Å²) < 4.78 is 47.3. The first-order valence-corrected chi connectivity index (χ1v) is 3.64. The lowest BCUT2D eigenvalue weighted by molar-refractivity contribution is -0.209. The summed E-state index contributed by atoms with van der Waals surface area (Å²) in [4.78, 5) is 10.3. The molecule has 0 aliphatic heterocycles. The van der Waals surface area contributed by atoms with Gasteiger partial charge < -0.3 is 4.74 Å². The van der Waals surface area contributed by atoms with Crippen molar-refractivity contribution < 1.29 is 27.1 Å². The first kappa shape index (κ1) is 11.7. The summed E-state index contributed by atoms with van der Waals surface area (Å²) in [5.74, 6) is -1.99. The van der Waals surface area contributed by atoms with Crippen molar-refractivity contribution in [3.05, 3.63) is 0 Å². The third-order valence-corrected chi connectivity index (χ3v) is 1.66. The molecule has 0 saturated carbocycles. The number of rotatable bonds is 2. The van der Waals surface area contributed by atoms with Crippen LogP contribution in [0.5, 0.6) is 0 Å². The van der Waals surface area contributed by atoms with Crippen LogP contribution in [-0.2, 0) is 9.53 Å². The maximum Gasteiger partial charge on any atom is 0.444 e. The third kappa shape index (κ3) is 2.33. The SMILES string of the molecule is CCOC(=O)[C@](F)(Br)C(F)(F)F. The molecule has 0 aromatic carbocycles. The Hall–Kier alpha value is -0.330. The molecule has 2 nitrogen and oxygen atoms in total. The van der Waals surface area contributed by atoms with E-state index in [4.69, 9.17) is 0 Å². The van der Waals surface area contributed by atoms with Crippen LogP contribution in [0.3, 0.4) is 0 Å². The Kier molecular flexibility index (Phi) is 3.49. The molecule has 0 aromatic heterocycles. The molecule has 0 aromatic rings. The first-order valence-electron chi connectivity index (χ1n) is 2.85. The summed E-state index contributed by atoms with van der Waals surface area (Å²) >= 11 is 1.60. The monoisotopic (exact) mass is 252 g/mol. The summed E-state index contributed by atoms with van der Waals surface area (Å²) in [5.41, 5.74) is 0. The molecule has 7 heteroatoms. The average molecular weight is 253 g/mol. The lowest BCUT2D eigenvalue weighted by Gasteiger charge is -2.18. The van der Waals surface area contributed by atoms with Crippen molar-refractivity contribution in [3.8, 4) is 0 Å². The maximum absolute atomic E-state index is 12.5. The van der Waals surface area contributed by atoms with Crippen molar-refractivity contribution in [1.29, 1.82) is 0 Å². The molecule has 0 unspecified atom stereocenters. The molecule has 12 heavy (non-hydrogen) atoms. The van der Waals surface area contributed by atoms with E-state index in [2.05, 4.69) is 4.74 Å². The molecule has 0 aliphatic rings. The summed E-state index contributed by atoms with van der Waals surface area (Å²) in [7, 11) is 0. The van der Waals surface area contributed by atoms with Crippen LogP contribution >= 0.6 is 15.9 Å². The number of hydrogen-bond donors (Lipinski definition) is 0. The number of carbonyl (C=O) groups is 1. The molecule has 0 N–H and O–H groups in total. The lowest BCUT2D eigenvalue weighted by Crippen LogP contribution is -2.43. The van der Waals surface area contributed by atoms with E-state index in [1.807, 2.05) is 0 Å². The molecule has 0 heterocycles. The van der Waals surface area contributed by atoms with Crippen LogP contribution in [0.25, 0.3) is 0 Å². The van der Waals surface area contributed by atoms with Gasteiger partial charge >= 0.3 is 16.7 Å². The molecule has 0 radical (unpaired) electrons. The molecule has 0 amide bonds. The fourth-order valence-corrected chi connectivity index (χ4v) is 0.452. The highest BCUT2D eigenvalue weighted by molar-refractivity contribution is 9.10. The number of ether oxygens (including phenoxy) is 1. The predicted octanol–water partition coefficient (Wildman–Crippen LogP) is 2.17. The predicted molar refractivity (Wildman–Crippen MR) is 35.5 cm³/mol. The van der Waals surface area contributed by atoms with Crippen LogP contribution in [0.1, 0.15) is 6.92 Å². The Balaban J connectivity index is 4.50. The second-order valence-corrected chi connectivity index (χ2v) is 2.89. The minimum Gasteiger partial charge on any atom is -0.463 e. The number of carbonyl (C=O) groups excluding carboxylic acids is 1. The maximum atomic E-state index is 12.5. The van der Waals surface area contributed by atoms with Gasteiger partial charge in [0.1, 0.15) is 0 Å². The van der Waals surface area contributed by atoms with Gasteiger partial charge in [-0.05, 0) is 22.9 Å². The van der Waals surface area contributed by atoms with Crippen LogP contribution in [0.4, 0.5) is 17.6 Å². The number of halogens is 5. The zero-order valence-electron chi connectivity index (χ0n) is 5.91. The highest BCUT2D eigenvalue weighted by atomic mass is 79.9. The highest BCUT2D eigenvalue weighted by Crippen LogP contribution is 2.40. The summed E-state index contributed by atoms with van der Waals surface area (Å²) in [6, 6.07) is 0. The van der Waals surface area contributed by atoms with Crippen LogP contribution in [-0.4, -0.2) is 23.3 Å². The molecule has 0 aliphatic carbocycles. The Morgan fingerprint density at radius 3 is 2.08 bits per heavy atom. The second kappa shape index (κ2) is 3.59. The van der Waals surface area contributed by atoms with E-state index in [1.54, 1.807) is 15.9 Å². The van der Waals surface area contributed by atoms with Crippen LogP contribution in [0.15, 0.2) is 0 Å². The van der Waals surface area contributed by atoms with Crippen molar-refractivity contribution in [2.75, 3.05) is 6.61 Å². The van der Waals surface area contributed by atoms with Crippen molar-refractivity contribution >= 4 is 21.9 Å². The summed E-state index contributed by atoms with van der Waals surface area (Å²) in [6.07, 6.45) is -5.31. The Morgan fingerprint density at radius 2 is 1.83 bits per heavy atom. The van der Waals surface area contributed by atoms with E-state index in [0.29, 0.717) is 0 Å². The summed E-state index contributed by atoms with van der Waals surface area (Å²) in [5, 5.41) is 0. The molecule has 1 atom stereocenters. The van der Waals surface area contributed by atoms with Gasteiger partial charge in [-0.1, -0.05) is 0 Å². The van der Waals surface area contributed by atoms with E-state index in [0.717, 1.165) is 0 Å². The van der Waals surface area contributed by atoms with Gasteiger partial charge in [-0.3, -0.25) is 0 Å². The number of esters is 1. The molecular formula is C5H5BrF4O2. The second-order valence-electron chi connectivity index (χ2n) is 1.79. The Labute approximate surface area is 74.0 Å². The average Bonchev–Trinajstić information content (AvgIpc) is 1.85. The smallest absolute Gasteiger partial charge is 0.444 e. The van der Waals surface area contributed by atoms with Crippen LogP contribution in [0, 0.1) is 0 Å². The van der Waals surface area contributed by atoms with Gasteiger partial charge in [0.25, 0.3) is 0 Å². The standard InChI is InChI=1S/C5H5BrF4O2/c1-2-12-3(11)4(6,7)5(8,9)10/h2H2,1H3/t4-/m1/s1. The van der Waals surface area contributed by atoms with Gasteiger partial charge in [0, 0.05) is 0 Å². The largest absolute Gasteiger partial charge is 0.463 e. The normalized spacial score (nSPS) is 16.8. The minimum atomic E-state index is -5.31. The Morgan fingerprint density at radius 1 is 1.42 bits per heavy atom. The van der Waals surface area contributed by atoms with Crippen molar-refractivity contribution in [3.63, 3.8) is 0 Å². The zero-order valence-corrected chi connectivity index (χ0v) is 7.50. The summed E-state index contributed by atoms with van der Waals surface area (Å²) in [6.45, 7) is 0.962. The van der Waals surface area contributed by atoms with E-state index < -0.39 is 16.7 Å². The van der Waals surface area contributed by atoms with Gasteiger partial charge in [-0.2, -0.15) is 13.2 Å². The van der Waals surface area contributed by atoms with Crippen molar-refractivity contribution in [2.45, 2.75) is 17.7 Å². The number of alkyl halides is 5. The quantitative estimate of drug-likeness (QED) is 0.428. The molecule has 0 rings (SSSR count). The van der Waals surface area contributed by atoms with E-state index >= 15 is 0 Å². The van der Waals surface area contributed by atoms with Crippen molar-refractivity contribution in [2.24, 2.45) is 0 Å². The van der Waals surface area contributed by atoms with Gasteiger partial charge in [-0.15, -0.1) is 0 Å². The third-order valence-electron chi connectivity index (χ3n) is 0.888. The van der Waals surface area contributed by atoms with Gasteiger partial charge in [0.05, 0.1) is 6.61 Å². The van der Waals surface area contributed by atoms with Crippen LogP contribution < -0.4 is 0 Å². The molecule has 0 spiro atoms. The zero-order chi connectivity index (χ0) is 9.99. The molecular weight excluding hydrogens is 248 g/mol. The van der Waals surface area contributed by atoms with Gasteiger partial charge in [-0.25, -0.2) is 9.18 Å². The Bertz CT molecular complexity index is 177. The topological polar surface area (TPSA) is 26.3 Å². The lowest BCUT2D eigenvalue weighted by atomic mass is 10.4. The van der Waals surface area contributed by atoms with E-state index in [-0.39, 0.29) is 6.61 Å². The molecule has 72 valence electrons. The van der Waals surface area contributed by atoms with E-state index in [9.17, 15) is 22.4 Å². The van der Waals surface area contributed by atoms with Gasteiger partial charge in [0.2, 0.25) is 0 Å². The number of hydrogen-bond acceptors (Lipinski definition) is 2. The molecule has 0 bridgehead atoms. The van der Waals surface area contributed by atoms with Gasteiger partial charge in [0.15, 0.2) is 0 Å². The highest BCUT2D eigenvalue weighted by Gasteiger charge is 2.61. The fraction of sp³-hybridized carbons (Fsp3) is 0.800. The first-order chi connectivity index (χ1) is 5.23. The van der Waals surface area contributed by atoms with Crippen molar-refractivity contribution in [1.82, 2.24) is 0 Å². The van der Waals surface area contributed by atoms with E-state index in [1.165, 1.54) is 6.92 Å². The van der Waals surface area contributed by atoms with Crippen LogP contribution in [0.2, 0.25) is 0 Å². The molecule has 0 saturated heterocycles. The fourth-order valence-electron chi connectivity index (χ4n) is 0.337.